The Bertz CT molecular complexity index is 891. The normalized spacial score (nSPS) is 13.8. The molecule has 0 amide bonds. The molecule has 0 aromatic heterocycles. The first-order valence-electron chi connectivity index (χ1n) is 7.30. The third-order valence-corrected chi connectivity index (χ3v) is 4.64. The molecule has 7 nitrogen and oxygen atoms in total. The number of nitrogens with zero attached hydrogens (tertiary/aromatic N) is 1. The van der Waals surface area contributed by atoms with Crippen LogP contribution in [0.15, 0.2) is 53.4 Å². The molecule has 2 aromatic carbocycles. The van der Waals surface area contributed by atoms with Crippen molar-refractivity contribution in [2.24, 2.45) is 0 Å². The van der Waals surface area contributed by atoms with Gasteiger partial charge in [0.15, 0.2) is 18.2 Å². The molecule has 140 valence electrons. The fourth-order valence-electron chi connectivity index (χ4n) is 2.02. The molecule has 0 heterocycles. The lowest BCUT2D eigenvalue weighted by molar-refractivity contribution is -0.388. The molecule has 0 aliphatic carbocycles. The first-order chi connectivity index (χ1) is 12.2. The smallest absolute Gasteiger partial charge is 0.307 e. The highest BCUT2D eigenvalue weighted by Crippen LogP contribution is 2.30. The van der Waals surface area contributed by atoms with Gasteiger partial charge in [0, 0.05) is 6.07 Å². The largest absolute Gasteiger partial charge is 0.487 e. The van der Waals surface area contributed by atoms with Crippen LogP contribution >= 0.6 is 0 Å². The van der Waals surface area contributed by atoms with Crippen LogP contribution in [0.3, 0.4) is 0 Å². The minimum absolute atomic E-state index is 0.172. The van der Waals surface area contributed by atoms with Crippen LogP contribution in [0.5, 0.6) is 5.75 Å². The number of alkyl halides is 2. The van der Waals surface area contributed by atoms with Crippen molar-refractivity contribution in [3.63, 3.8) is 0 Å². The Morgan fingerprint density at radius 1 is 1.19 bits per heavy atom. The zero-order valence-electron chi connectivity index (χ0n) is 13.6. The molecular formula is C16H15F2NO6S. The van der Waals surface area contributed by atoms with Crippen molar-refractivity contribution in [3.8, 4) is 5.75 Å². The van der Waals surface area contributed by atoms with Crippen LogP contribution in [0, 0.1) is 17.0 Å². The van der Waals surface area contributed by atoms with E-state index in [9.17, 15) is 27.3 Å². The fourth-order valence-corrected chi connectivity index (χ4v) is 3.22. The number of halogens is 2. The molecule has 2 rings (SSSR count). The van der Waals surface area contributed by atoms with Gasteiger partial charge in [-0.15, -0.1) is 0 Å². The lowest BCUT2D eigenvalue weighted by atomic mass is 10.2. The predicted octanol–water partition coefficient (Wildman–Crippen LogP) is 3.32. The average Bonchev–Trinajstić information content (AvgIpc) is 2.60. The van der Waals surface area contributed by atoms with Crippen LogP contribution in [-0.2, 0) is 14.3 Å². The maximum atomic E-state index is 14.5. The van der Waals surface area contributed by atoms with E-state index < -0.39 is 44.8 Å². The van der Waals surface area contributed by atoms with Crippen LogP contribution in [0.4, 0.5) is 14.5 Å². The molecule has 0 saturated carbocycles. The van der Waals surface area contributed by atoms with Crippen molar-refractivity contribution in [3.05, 3.63) is 64.2 Å². The molecule has 0 bridgehead atoms. The van der Waals surface area contributed by atoms with E-state index >= 15 is 0 Å². The number of para-hydroxylation sites is 1. The van der Waals surface area contributed by atoms with E-state index in [-0.39, 0.29) is 5.75 Å². The number of nitro groups is 1. The summed E-state index contributed by atoms with van der Waals surface area (Å²) in [5, 5.41) is 11.1. The quantitative estimate of drug-likeness (QED) is 0.392. The van der Waals surface area contributed by atoms with Gasteiger partial charge in [0.05, 0.1) is 4.92 Å². The monoisotopic (exact) mass is 387 g/mol. The van der Waals surface area contributed by atoms with E-state index in [1.54, 1.807) is 18.2 Å². The second kappa shape index (κ2) is 7.75. The molecule has 1 atom stereocenters. The van der Waals surface area contributed by atoms with Crippen molar-refractivity contribution in [1.29, 1.82) is 0 Å². The van der Waals surface area contributed by atoms with Gasteiger partial charge in [-0.05, 0) is 30.7 Å². The Labute approximate surface area is 148 Å². The number of ether oxygens (including phenoxy) is 1. The Balaban J connectivity index is 2.27. The summed E-state index contributed by atoms with van der Waals surface area (Å²) >= 11 is 0. The summed E-state index contributed by atoms with van der Waals surface area (Å²) in [5.74, 6) is -3.17. The van der Waals surface area contributed by atoms with Gasteiger partial charge in [-0.3, -0.25) is 10.1 Å². The number of nitro benzene ring substituents is 1. The highest BCUT2D eigenvalue weighted by molar-refractivity contribution is 7.87. The third kappa shape index (κ3) is 4.73. The van der Waals surface area contributed by atoms with Gasteiger partial charge in [-0.25, -0.2) is 13.0 Å². The Kier molecular flexibility index (Phi) is 5.88. The predicted molar refractivity (Wildman–Crippen MR) is 87.9 cm³/mol. The SMILES string of the molecule is Cc1ccc(S(=O)(=O)OC(F)(CF)COc2ccccc2)c([N+](=O)[O-])c1. The standard InChI is InChI=1S/C16H15F2NO6S/c1-12-7-8-15(14(9-12)19(20)21)26(22,23)25-16(18,10-17)11-24-13-5-3-2-4-6-13/h2-9H,10-11H2,1H3. The van der Waals surface area contributed by atoms with E-state index in [0.29, 0.717) is 5.56 Å². The van der Waals surface area contributed by atoms with Gasteiger partial charge in [0.25, 0.3) is 11.5 Å². The highest BCUT2D eigenvalue weighted by Gasteiger charge is 2.41. The number of rotatable bonds is 8. The zero-order valence-corrected chi connectivity index (χ0v) is 14.4. The molecule has 0 aliphatic rings. The van der Waals surface area contributed by atoms with Crippen LogP contribution in [-0.4, -0.2) is 32.5 Å². The lowest BCUT2D eigenvalue weighted by Crippen LogP contribution is -2.39. The second-order valence-electron chi connectivity index (χ2n) is 5.38. The molecule has 10 heteroatoms. The molecule has 0 fully saturated rings. The molecule has 0 radical (unpaired) electrons. The molecule has 0 saturated heterocycles. The fraction of sp³-hybridized carbons (Fsp3) is 0.250. The molecule has 26 heavy (non-hydrogen) atoms. The van der Waals surface area contributed by atoms with Crippen LogP contribution in [0.2, 0.25) is 0 Å². The second-order valence-corrected chi connectivity index (χ2v) is 6.90. The molecule has 0 aliphatic heterocycles. The Morgan fingerprint density at radius 3 is 2.42 bits per heavy atom. The molecular weight excluding hydrogens is 372 g/mol. The van der Waals surface area contributed by atoms with E-state index in [1.807, 2.05) is 0 Å². The van der Waals surface area contributed by atoms with Gasteiger partial charge < -0.3 is 4.74 Å². The van der Waals surface area contributed by atoms with Gasteiger partial charge in [-0.2, -0.15) is 8.42 Å². The van der Waals surface area contributed by atoms with E-state index in [2.05, 4.69) is 4.18 Å². The minimum atomic E-state index is -4.96. The van der Waals surface area contributed by atoms with Crippen LogP contribution in [0.25, 0.3) is 0 Å². The highest BCUT2D eigenvalue weighted by atomic mass is 32.2. The molecule has 0 N–H and O–H groups in total. The van der Waals surface area contributed by atoms with E-state index in [4.69, 9.17) is 4.74 Å². The van der Waals surface area contributed by atoms with Gasteiger partial charge in [0.2, 0.25) is 0 Å². The topological polar surface area (TPSA) is 95.7 Å². The number of aryl methyl sites for hydroxylation is 1. The summed E-state index contributed by atoms with van der Waals surface area (Å²) in [5.41, 5.74) is -0.379. The van der Waals surface area contributed by atoms with Crippen molar-refractivity contribution >= 4 is 15.8 Å². The number of benzene rings is 2. The van der Waals surface area contributed by atoms with E-state index in [1.165, 1.54) is 25.1 Å². The Hall–Kier alpha value is -2.59. The zero-order chi connectivity index (χ0) is 19.4. The van der Waals surface area contributed by atoms with Gasteiger partial charge in [0.1, 0.15) is 5.75 Å². The third-order valence-electron chi connectivity index (χ3n) is 3.24. The number of hydrogen-bond acceptors (Lipinski definition) is 6. The maximum absolute atomic E-state index is 14.5. The summed E-state index contributed by atoms with van der Waals surface area (Å²) in [6.07, 6.45) is 0. The average molecular weight is 387 g/mol. The lowest BCUT2D eigenvalue weighted by Gasteiger charge is -2.22. The molecule has 1 unspecified atom stereocenters. The first-order valence-corrected chi connectivity index (χ1v) is 8.71. The number of hydrogen-bond donors (Lipinski definition) is 0. The minimum Gasteiger partial charge on any atom is -0.487 e. The molecule has 2 aromatic rings. The summed E-state index contributed by atoms with van der Waals surface area (Å²) in [4.78, 5) is 9.24. The van der Waals surface area contributed by atoms with Gasteiger partial charge in [-0.1, -0.05) is 24.3 Å². The Morgan fingerprint density at radius 2 is 1.85 bits per heavy atom. The first kappa shape index (κ1) is 19.7. The summed E-state index contributed by atoms with van der Waals surface area (Å²) in [6.45, 7) is -1.38. The van der Waals surface area contributed by atoms with E-state index in [0.717, 1.165) is 12.1 Å². The van der Waals surface area contributed by atoms with Crippen molar-refractivity contribution in [1.82, 2.24) is 0 Å². The van der Waals surface area contributed by atoms with Gasteiger partial charge >= 0.3 is 10.1 Å². The van der Waals surface area contributed by atoms with Crippen molar-refractivity contribution in [2.45, 2.75) is 17.7 Å². The van der Waals surface area contributed by atoms with Crippen LogP contribution < -0.4 is 4.74 Å². The summed E-state index contributed by atoms with van der Waals surface area (Å²) in [7, 11) is -4.96. The molecule has 0 spiro atoms. The van der Waals surface area contributed by atoms with Crippen molar-refractivity contribution in [2.75, 3.05) is 13.3 Å². The van der Waals surface area contributed by atoms with Crippen molar-refractivity contribution < 1.29 is 31.0 Å². The summed E-state index contributed by atoms with van der Waals surface area (Å²) in [6, 6.07) is 10.9. The summed E-state index contributed by atoms with van der Waals surface area (Å²) < 4.78 is 61.5. The maximum Gasteiger partial charge on any atom is 0.307 e. The van der Waals surface area contributed by atoms with Crippen LogP contribution in [0.1, 0.15) is 5.56 Å².